The summed E-state index contributed by atoms with van der Waals surface area (Å²) in [5.74, 6) is 0.207. The zero-order chi connectivity index (χ0) is 15.9. The fraction of sp³-hybridized carbons (Fsp3) is 0.353. The Kier molecular flexibility index (Phi) is 3.41. The van der Waals surface area contributed by atoms with Gasteiger partial charge in [0.05, 0.1) is 17.4 Å². The lowest BCUT2D eigenvalue weighted by molar-refractivity contribution is -0.117. The van der Waals surface area contributed by atoms with Crippen LogP contribution in [0.15, 0.2) is 41.4 Å². The van der Waals surface area contributed by atoms with Crippen molar-refractivity contribution >= 4 is 28.8 Å². The lowest BCUT2D eigenvalue weighted by atomic mass is 9.86. The van der Waals surface area contributed by atoms with Gasteiger partial charge in [-0.3, -0.25) is 14.6 Å². The molecule has 0 radical (unpaired) electrons. The molecular weight excluding hydrogens is 310 g/mol. The number of anilines is 1. The Morgan fingerprint density at radius 2 is 2.22 bits per heavy atom. The maximum atomic E-state index is 12.5. The van der Waals surface area contributed by atoms with E-state index in [2.05, 4.69) is 4.98 Å². The van der Waals surface area contributed by atoms with E-state index in [0.29, 0.717) is 19.5 Å². The summed E-state index contributed by atoms with van der Waals surface area (Å²) in [4.78, 5) is 32.7. The quantitative estimate of drug-likeness (QED) is 0.851. The van der Waals surface area contributed by atoms with Crippen LogP contribution in [0.3, 0.4) is 0 Å². The summed E-state index contributed by atoms with van der Waals surface area (Å²) < 4.78 is 0. The Hall–Kier alpha value is -2.21. The molecule has 2 aromatic heterocycles. The normalized spacial score (nSPS) is 23.9. The van der Waals surface area contributed by atoms with E-state index in [1.54, 1.807) is 12.4 Å². The van der Waals surface area contributed by atoms with Crippen LogP contribution in [-0.4, -0.2) is 41.3 Å². The van der Waals surface area contributed by atoms with Crippen molar-refractivity contribution in [3.8, 4) is 0 Å². The van der Waals surface area contributed by atoms with Crippen molar-refractivity contribution in [1.29, 1.82) is 0 Å². The van der Waals surface area contributed by atoms with Crippen LogP contribution in [-0.2, 0) is 4.79 Å². The third-order valence-electron chi connectivity index (χ3n) is 4.77. The fourth-order valence-electron chi connectivity index (χ4n) is 3.59. The number of carbonyl (C=O) groups excluding carboxylic acids is 2. The van der Waals surface area contributed by atoms with Gasteiger partial charge in [-0.15, -0.1) is 0 Å². The third-order valence-corrected chi connectivity index (χ3v) is 5.46. The van der Waals surface area contributed by atoms with Crippen LogP contribution in [0.2, 0.25) is 0 Å². The van der Waals surface area contributed by atoms with Crippen LogP contribution in [0.1, 0.15) is 23.2 Å². The molecule has 1 spiro atoms. The van der Waals surface area contributed by atoms with Gasteiger partial charge in [-0.2, -0.15) is 11.3 Å². The number of nitrogens with zero attached hydrogens (tertiary/aromatic N) is 3. The summed E-state index contributed by atoms with van der Waals surface area (Å²) >= 11 is 1.53. The number of likely N-dealkylation sites (tertiary alicyclic amines) is 1. The number of amides is 2. The van der Waals surface area contributed by atoms with E-state index in [1.807, 2.05) is 38.8 Å². The molecule has 6 heteroatoms. The van der Waals surface area contributed by atoms with Crippen LogP contribution in [0, 0.1) is 5.41 Å². The second-order valence-electron chi connectivity index (χ2n) is 6.36. The molecule has 2 amide bonds. The van der Waals surface area contributed by atoms with Crippen molar-refractivity contribution < 1.29 is 9.59 Å². The van der Waals surface area contributed by atoms with Gasteiger partial charge in [0.1, 0.15) is 0 Å². The number of carbonyl (C=O) groups is 2. The molecule has 118 valence electrons. The number of hydrogen-bond donors (Lipinski definition) is 0. The van der Waals surface area contributed by atoms with Gasteiger partial charge in [0, 0.05) is 43.0 Å². The van der Waals surface area contributed by atoms with E-state index >= 15 is 0 Å². The van der Waals surface area contributed by atoms with Crippen LogP contribution in [0.25, 0.3) is 0 Å². The molecule has 2 aromatic rings. The molecule has 0 N–H and O–H groups in total. The first kappa shape index (κ1) is 14.4. The van der Waals surface area contributed by atoms with Gasteiger partial charge in [0.25, 0.3) is 5.91 Å². The SMILES string of the molecule is O=C(c1ccsc1)N1CC[C@@]2(CC(=O)N(c3cccnc3)C2)C1. The molecule has 5 nitrogen and oxygen atoms in total. The van der Waals surface area contributed by atoms with Crippen molar-refractivity contribution in [1.82, 2.24) is 9.88 Å². The highest BCUT2D eigenvalue weighted by atomic mass is 32.1. The van der Waals surface area contributed by atoms with E-state index < -0.39 is 0 Å². The minimum absolute atomic E-state index is 0.0791. The lowest BCUT2D eigenvalue weighted by Crippen LogP contribution is -2.34. The van der Waals surface area contributed by atoms with Gasteiger partial charge in [-0.05, 0) is 30.0 Å². The molecule has 0 unspecified atom stereocenters. The predicted octanol–water partition coefficient (Wildman–Crippen LogP) is 2.41. The Balaban J connectivity index is 1.51. The monoisotopic (exact) mass is 327 g/mol. The van der Waals surface area contributed by atoms with Gasteiger partial charge in [-0.25, -0.2) is 0 Å². The lowest BCUT2D eigenvalue weighted by Gasteiger charge is -2.24. The minimum atomic E-state index is -0.112. The van der Waals surface area contributed by atoms with Crippen LogP contribution < -0.4 is 4.90 Å². The minimum Gasteiger partial charge on any atom is -0.338 e. The number of thiophene rings is 1. The fourth-order valence-corrected chi connectivity index (χ4v) is 4.22. The van der Waals surface area contributed by atoms with E-state index in [-0.39, 0.29) is 17.2 Å². The number of pyridine rings is 1. The highest BCUT2D eigenvalue weighted by molar-refractivity contribution is 7.08. The van der Waals surface area contributed by atoms with E-state index in [1.165, 1.54) is 11.3 Å². The van der Waals surface area contributed by atoms with Crippen LogP contribution in [0.4, 0.5) is 5.69 Å². The zero-order valence-corrected chi connectivity index (χ0v) is 13.5. The third kappa shape index (κ3) is 2.53. The highest BCUT2D eigenvalue weighted by Gasteiger charge is 2.48. The van der Waals surface area contributed by atoms with Crippen molar-refractivity contribution in [3.63, 3.8) is 0 Å². The molecular formula is C17H17N3O2S. The molecule has 4 rings (SSSR count). The molecule has 23 heavy (non-hydrogen) atoms. The molecule has 4 heterocycles. The average molecular weight is 327 g/mol. The average Bonchev–Trinajstić information content (AvgIpc) is 3.29. The topological polar surface area (TPSA) is 53.5 Å². The maximum absolute atomic E-state index is 12.5. The Morgan fingerprint density at radius 3 is 2.96 bits per heavy atom. The van der Waals surface area contributed by atoms with Crippen molar-refractivity contribution in [2.24, 2.45) is 5.41 Å². The van der Waals surface area contributed by atoms with Gasteiger partial charge in [-0.1, -0.05) is 0 Å². The van der Waals surface area contributed by atoms with Gasteiger partial charge >= 0.3 is 0 Å². The smallest absolute Gasteiger partial charge is 0.254 e. The molecule has 2 fully saturated rings. The van der Waals surface area contributed by atoms with Crippen molar-refractivity contribution in [3.05, 3.63) is 46.9 Å². The van der Waals surface area contributed by atoms with Gasteiger partial charge in [0.2, 0.25) is 5.91 Å². The van der Waals surface area contributed by atoms with E-state index in [0.717, 1.165) is 24.2 Å². The van der Waals surface area contributed by atoms with Crippen molar-refractivity contribution in [2.45, 2.75) is 12.8 Å². The summed E-state index contributed by atoms with van der Waals surface area (Å²) in [5, 5.41) is 3.80. The molecule has 0 saturated carbocycles. The Labute approximate surface area is 138 Å². The molecule has 1 atom stereocenters. The number of rotatable bonds is 2. The van der Waals surface area contributed by atoms with Crippen LogP contribution >= 0.6 is 11.3 Å². The number of aromatic nitrogens is 1. The number of hydrogen-bond acceptors (Lipinski definition) is 4. The molecule has 2 aliphatic rings. The molecule has 2 saturated heterocycles. The summed E-state index contributed by atoms with van der Waals surface area (Å²) in [6, 6.07) is 5.61. The van der Waals surface area contributed by atoms with Crippen molar-refractivity contribution in [2.75, 3.05) is 24.5 Å². The molecule has 0 aliphatic carbocycles. The van der Waals surface area contributed by atoms with E-state index in [4.69, 9.17) is 0 Å². The summed E-state index contributed by atoms with van der Waals surface area (Å²) in [6.07, 6.45) is 4.82. The largest absolute Gasteiger partial charge is 0.338 e. The summed E-state index contributed by atoms with van der Waals surface area (Å²) in [5.41, 5.74) is 1.48. The molecule has 0 bridgehead atoms. The second kappa shape index (κ2) is 5.45. The first-order chi connectivity index (χ1) is 11.2. The molecule has 2 aliphatic heterocycles. The Bertz CT molecular complexity index is 732. The summed E-state index contributed by atoms with van der Waals surface area (Å²) in [6.45, 7) is 2.05. The summed E-state index contributed by atoms with van der Waals surface area (Å²) in [7, 11) is 0. The first-order valence-electron chi connectivity index (χ1n) is 7.69. The van der Waals surface area contributed by atoms with E-state index in [9.17, 15) is 9.59 Å². The first-order valence-corrected chi connectivity index (χ1v) is 8.63. The van der Waals surface area contributed by atoms with Gasteiger partial charge in [0.15, 0.2) is 0 Å². The molecule has 0 aromatic carbocycles. The van der Waals surface area contributed by atoms with Crippen LogP contribution in [0.5, 0.6) is 0 Å². The highest BCUT2D eigenvalue weighted by Crippen LogP contribution is 2.42. The maximum Gasteiger partial charge on any atom is 0.254 e. The second-order valence-corrected chi connectivity index (χ2v) is 7.14. The van der Waals surface area contributed by atoms with Gasteiger partial charge < -0.3 is 9.80 Å². The zero-order valence-electron chi connectivity index (χ0n) is 12.6. The Morgan fingerprint density at radius 1 is 1.30 bits per heavy atom. The standard InChI is InChI=1S/C17H17N3O2S/c21-15-8-17(12-20(15)14-2-1-5-18-9-14)4-6-19(11-17)16(22)13-3-7-23-10-13/h1-3,5,7,9-10H,4,6,8,11-12H2/t17-/m1/s1. The predicted molar refractivity (Wildman–Crippen MR) is 88.5 cm³/mol.